The van der Waals surface area contributed by atoms with Crippen LogP contribution in [0.5, 0.6) is 0 Å². The van der Waals surface area contributed by atoms with Crippen LogP contribution in [0.25, 0.3) is 0 Å². The summed E-state index contributed by atoms with van der Waals surface area (Å²) >= 11 is 0. The molecule has 0 saturated carbocycles. The standard InChI is InChI=1S/C16H24N2O3/c1-16(2,3)21-15(20)17-11-10-12-8-6-7-9-13(12)14(19)18(4)5/h6-9H,10-11H2,1-5H3,(H,17,20). The number of nitrogens with one attached hydrogen (secondary N) is 1. The molecule has 0 aliphatic rings. The summed E-state index contributed by atoms with van der Waals surface area (Å²) in [6.07, 6.45) is 0.133. The predicted molar refractivity (Wildman–Crippen MR) is 82.4 cm³/mol. The van der Waals surface area contributed by atoms with Gasteiger partial charge in [-0.05, 0) is 38.8 Å². The molecule has 0 spiro atoms. The van der Waals surface area contributed by atoms with E-state index in [0.717, 1.165) is 5.56 Å². The number of benzene rings is 1. The molecule has 0 saturated heterocycles. The van der Waals surface area contributed by atoms with Crippen molar-refractivity contribution in [2.45, 2.75) is 32.8 Å². The van der Waals surface area contributed by atoms with Gasteiger partial charge in [-0.15, -0.1) is 0 Å². The second kappa shape index (κ2) is 7.11. The van der Waals surface area contributed by atoms with Crippen molar-refractivity contribution in [3.63, 3.8) is 0 Å². The molecule has 0 aliphatic carbocycles. The third-order valence-electron chi connectivity index (χ3n) is 2.72. The van der Waals surface area contributed by atoms with E-state index in [1.54, 1.807) is 25.1 Å². The second-order valence-corrected chi connectivity index (χ2v) is 6.04. The molecular formula is C16H24N2O3. The lowest BCUT2D eigenvalue weighted by Crippen LogP contribution is -2.33. The van der Waals surface area contributed by atoms with Crippen LogP contribution in [0.15, 0.2) is 24.3 Å². The highest BCUT2D eigenvalue weighted by atomic mass is 16.6. The van der Waals surface area contributed by atoms with Gasteiger partial charge in [0.2, 0.25) is 0 Å². The monoisotopic (exact) mass is 292 g/mol. The molecule has 0 unspecified atom stereocenters. The Morgan fingerprint density at radius 3 is 2.38 bits per heavy atom. The summed E-state index contributed by atoms with van der Waals surface area (Å²) in [5.41, 5.74) is 1.06. The van der Waals surface area contributed by atoms with Crippen molar-refractivity contribution < 1.29 is 14.3 Å². The number of ether oxygens (including phenoxy) is 1. The summed E-state index contributed by atoms with van der Waals surface area (Å²) in [5.74, 6) is -0.0390. The Labute approximate surface area is 126 Å². The molecule has 1 rings (SSSR count). The highest BCUT2D eigenvalue weighted by molar-refractivity contribution is 5.95. The van der Waals surface area contributed by atoms with E-state index in [1.165, 1.54) is 0 Å². The number of hydrogen-bond acceptors (Lipinski definition) is 3. The van der Waals surface area contributed by atoms with Gasteiger partial charge in [0.25, 0.3) is 5.91 Å². The molecule has 2 amide bonds. The van der Waals surface area contributed by atoms with Crippen molar-refractivity contribution in [1.82, 2.24) is 10.2 Å². The number of nitrogens with zero attached hydrogens (tertiary/aromatic N) is 1. The zero-order valence-corrected chi connectivity index (χ0v) is 13.4. The first-order chi connectivity index (χ1) is 9.70. The smallest absolute Gasteiger partial charge is 0.407 e. The number of rotatable bonds is 4. The van der Waals surface area contributed by atoms with Gasteiger partial charge in [-0.25, -0.2) is 4.79 Å². The number of carbonyl (C=O) groups is 2. The number of carbonyl (C=O) groups excluding carboxylic acids is 2. The third-order valence-corrected chi connectivity index (χ3v) is 2.72. The molecule has 1 aromatic carbocycles. The molecular weight excluding hydrogens is 268 g/mol. The van der Waals surface area contributed by atoms with Crippen LogP contribution in [0.1, 0.15) is 36.7 Å². The van der Waals surface area contributed by atoms with Crippen molar-refractivity contribution >= 4 is 12.0 Å². The van der Waals surface area contributed by atoms with Crippen LogP contribution >= 0.6 is 0 Å². The average Bonchev–Trinajstić information content (AvgIpc) is 2.36. The fourth-order valence-corrected chi connectivity index (χ4v) is 1.80. The highest BCUT2D eigenvalue weighted by Gasteiger charge is 2.16. The predicted octanol–water partition coefficient (Wildman–Crippen LogP) is 2.46. The Bertz CT molecular complexity index is 504. The van der Waals surface area contributed by atoms with Crippen LogP contribution in [-0.4, -0.2) is 43.1 Å². The third kappa shape index (κ3) is 5.85. The molecule has 0 radical (unpaired) electrons. The molecule has 116 valence electrons. The van der Waals surface area contributed by atoms with Gasteiger partial charge in [-0.2, -0.15) is 0 Å². The molecule has 0 atom stereocenters. The van der Waals surface area contributed by atoms with E-state index in [1.807, 2.05) is 39.0 Å². The lowest BCUT2D eigenvalue weighted by Gasteiger charge is -2.20. The van der Waals surface area contributed by atoms with Gasteiger partial charge in [0.05, 0.1) is 0 Å². The summed E-state index contributed by atoms with van der Waals surface area (Å²) in [4.78, 5) is 25.2. The molecule has 0 aliphatic heterocycles. The minimum Gasteiger partial charge on any atom is -0.444 e. The molecule has 5 heteroatoms. The van der Waals surface area contributed by atoms with Gasteiger partial charge in [0.1, 0.15) is 5.60 Å². The van der Waals surface area contributed by atoms with Crippen molar-refractivity contribution in [3.05, 3.63) is 35.4 Å². The van der Waals surface area contributed by atoms with Crippen LogP contribution < -0.4 is 5.32 Å². The minimum atomic E-state index is -0.511. The van der Waals surface area contributed by atoms with Crippen LogP contribution in [0, 0.1) is 0 Å². The van der Waals surface area contributed by atoms with Gasteiger partial charge in [-0.1, -0.05) is 18.2 Å². The summed E-state index contributed by atoms with van der Waals surface area (Å²) in [6.45, 7) is 5.87. The Balaban J connectivity index is 2.61. The van der Waals surface area contributed by atoms with Gasteiger partial charge in [0, 0.05) is 26.2 Å². The number of hydrogen-bond donors (Lipinski definition) is 1. The average molecular weight is 292 g/mol. The zero-order chi connectivity index (χ0) is 16.0. The first-order valence-corrected chi connectivity index (χ1v) is 6.97. The minimum absolute atomic E-state index is 0.0390. The molecule has 1 aromatic rings. The molecule has 21 heavy (non-hydrogen) atoms. The van der Waals surface area contributed by atoms with Crippen LogP contribution in [0.4, 0.5) is 4.79 Å². The summed E-state index contributed by atoms with van der Waals surface area (Å²) in [7, 11) is 3.44. The van der Waals surface area contributed by atoms with E-state index in [-0.39, 0.29) is 5.91 Å². The van der Waals surface area contributed by atoms with E-state index in [2.05, 4.69) is 5.32 Å². The molecule has 0 fully saturated rings. The Morgan fingerprint density at radius 1 is 1.19 bits per heavy atom. The Kier molecular flexibility index (Phi) is 5.76. The topological polar surface area (TPSA) is 58.6 Å². The summed E-state index contributed by atoms with van der Waals surface area (Å²) in [6, 6.07) is 7.41. The van der Waals surface area contributed by atoms with Crippen LogP contribution in [0.2, 0.25) is 0 Å². The van der Waals surface area contributed by atoms with Crippen LogP contribution in [-0.2, 0) is 11.2 Å². The van der Waals surface area contributed by atoms with Crippen molar-refractivity contribution in [1.29, 1.82) is 0 Å². The second-order valence-electron chi connectivity index (χ2n) is 6.04. The van der Waals surface area contributed by atoms with Crippen LogP contribution in [0.3, 0.4) is 0 Å². The maximum atomic E-state index is 12.1. The Morgan fingerprint density at radius 2 is 1.81 bits per heavy atom. The maximum Gasteiger partial charge on any atom is 0.407 e. The molecule has 1 N–H and O–H groups in total. The van der Waals surface area contributed by atoms with E-state index < -0.39 is 11.7 Å². The fourth-order valence-electron chi connectivity index (χ4n) is 1.80. The highest BCUT2D eigenvalue weighted by Crippen LogP contribution is 2.11. The SMILES string of the molecule is CN(C)C(=O)c1ccccc1CCNC(=O)OC(C)(C)C. The summed E-state index contributed by atoms with van der Waals surface area (Å²) < 4.78 is 5.17. The van der Waals surface area contributed by atoms with Crippen molar-refractivity contribution in [2.75, 3.05) is 20.6 Å². The number of alkyl carbamates (subject to hydrolysis) is 1. The summed E-state index contributed by atoms with van der Waals surface area (Å²) in [5, 5.41) is 2.70. The van der Waals surface area contributed by atoms with E-state index >= 15 is 0 Å². The van der Waals surface area contributed by atoms with E-state index in [4.69, 9.17) is 4.74 Å². The molecule has 5 nitrogen and oxygen atoms in total. The lowest BCUT2D eigenvalue weighted by atomic mass is 10.0. The largest absolute Gasteiger partial charge is 0.444 e. The fraction of sp³-hybridized carbons (Fsp3) is 0.500. The van der Waals surface area contributed by atoms with Gasteiger partial charge in [0.15, 0.2) is 0 Å². The molecule has 0 bridgehead atoms. The number of amides is 2. The quantitative estimate of drug-likeness (QED) is 0.927. The van der Waals surface area contributed by atoms with Crippen molar-refractivity contribution in [3.8, 4) is 0 Å². The van der Waals surface area contributed by atoms with Gasteiger partial charge >= 0.3 is 6.09 Å². The molecule has 0 aromatic heterocycles. The maximum absolute atomic E-state index is 12.1. The first-order valence-electron chi connectivity index (χ1n) is 6.97. The lowest BCUT2D eigenvalue weighted by molar-refractivity contribution is 0.0528. The zero-order valence-electron chi connectivity index (χ0n) is 13.4. The van der Waals surface area contributed by atoms with Crippen molar-refractivity contribution in [2.24, 2.45) is 0 Å². The van der Waals surface area contributed by atoms with E-state index in [0.29, 0.717) is 18.5 Å². The normalized spacial score (nSPS) is 10.9. The first kappa shape index (κ1) is 17.0. The molecule has 0 heterocycles. The Hall–Kier alpha value is -2.04. The van der Waals surface area contributed by atoms with Gasteiger partial charge in [-0.3, -0.25) is 4.79 Å². The van der Waals surface area contributed by atoms with E-state index in [9.17, 15) is 9.59 Å². The van der Waals surface area contributed by atoms with Gasteiger partial charge < -0.3 is 15.0 Å².